The third-order valence-electron chi connectivity index (χ3n) is 6.98. The molecule has 6 nitrogen and oxygen atoms in total. The molecule has 4 rings (SSSR count). The first-order valence-electron chi connectivity index (χ1n) is 12.1. The summed E-state index contributed by atoms with van der Waals surface area (Å²) in [6.45, 7) is 0.556. The van der Waals surface area contributed by atoms with E-state index in [0.717, 1.165) is 5.56 Å². The number of ether oxygens (including phenoxy) is 2. The third-order valence-corrected chi connectivity index (χ3v) is 9.22. The summed E-state index contributed by atoms with van der Waals surface area (Å²) in [5, 5.41) is -0.570. The van der Waals surface area contributed by atoms with Gasteiger partial charge in [0.05, 0.1) is 22.8 Å². The summed E-state index contributed by atoms with van der Waals surface area (Å²) in [7, 11) is 1.96. The highest BCUT2D eigenvalue weighted by atomic mass is 32.2. The Kier molecular flexibility index (Phi) is 7.81. The Morgan fingerprint density at radius 2 is 1.64 bits per heavy atom. The molecule has 1 saturated carbocycles. The van der Waals surface area contributed by atoms with Crippen molar-refractivity contribution in [2.45, 2.75) is 35.0 Å². The lowest BCUT2D eigenvalue weighted by atomic mass is 9.70. The van der Waals surface area contributed by atoms with Crippen LogP contribution in [0.3, 0.4) is 0 Å². The van der Waals surface area contributed by atoms with Gasteiger partial charge in [0.2, 0.25) is 0 Å². The number of carbonyl (C=O) groups excluding carboxylic acids is 1. The zero-order chi connectivity index (χ0) is 25.8. The molecule has 1 aliphatic carbocycles. The molecule has 3 aromatic carbocycles. The van der Waals surface area contributed by atoms with E-state index in [4.69, 9.17) is 9.47 Å². The average molecular weight is 508 g/mol. The second-order valence-electron chi connectivity index (χ2n) is 9.59. The highest BCUT2D eigenvalue weighted by molar-refractivity contribution is 7.92. The molecular formula is C29H33NO5S. The molecule has 0 heterocycles. The van der Waals surface area contributed by atoms with E-state index in [1.165, 1.54) is 0 Å². The van der Waals surface area contributed by atoms with Crippen LogP contribution in [-0.2, 0) is 20.2 Å². The highest BCUT2D eigenvalue weighted by Crippen LogP contribution is 2.48. The summed E-state index contributed by atoms with van der Waals surface area (Å²) in [5.74, 6) is -0.0266. The lowest BCUT2D eigenvalue weighted by Crippen LogP contribution is -2.50. The van der Waals surface area contributed by atoms with E-state index in [9.17, 15) is 13.2 Å². The van der Waals surface area contributed by atoms with Crippen molar-refractivity contribution in [1.29, 1.82) is 0 Å². The fourth-order valence-corrected chi connectivity index (χ4v) is 7.05. The topological polar surface area (TPSA) is 72.9 Å². The van der Waals surface area contributed by atoms with Crippen molar-refractivity contribution in [2.75, 3.05) is 27.7 Å². The van der Waals surface area contributed by atoms with Crippen LogP contribution in [0.15, 0.2) is 89.8 Å². The maximum Gasteiger partial charge on any atom is 0.339 e. The van der Waals surface area contributed by atoms with Crippen molar-refractivity contribution < 1.29 is 22.7 Å². The van der Waals surface area contributed by atoms with E-state index in [2.05, 4.69) is 0 Å². The second kappa shape index (κ2) is 10.8. The first-order valence-corrected chi connectivity index (χ1v) is 13.7. The van der Waals surface area contributed by atoms with Gasteiger partial charge in [-0.25, -0.2) is 13.2 Å². The molecule has 0 bridgehead atoms. The predicted octanol–water partition coefficient (Wildman–Crippen LogP) is 4.95. The SMILES string of the molecule is COc1cccc(C2(OC(=O)c3ccccc3)CCC(S(=O)(=O)c3ccccc3)CC2CN(C)C)c1. The fourth-order valence-electron chi connectivity index (χ4n) is 5.21. The normalized spacial score (nSPS) is 22.2. The summed E-state index contributed by atoms with van der Waals surface area (Å²) in [4.78, 5) is 15.7. The monoisotopic (exact) mass is 507 g/mol. The fraction of sp³-hybridized carbons (Fsp3) is 0.345. The number of methoxy groups -OCH3 is 1. The van der Waals surface area contributed by atoms with E-state index in [1.807, 2.05) is 55.4 Å². The number of benzene rings is 3. The number of carbonyl (C=O) groups is 1. The van der Waals surface area contributed by atoms with Crippen LogP contribution in [0.5, 0.6) is 5.75 Å². The smallest absolute Gasteiger partial charge is 0.339 e. The molecule has 0 amide bonds. The van der Waals surface area contributed by atoms with Gasteiger partial charge in [-0.05, 0) is 75.3 Å². The Morgan fingerprint density at radius 1 is 0.972 bits per heavy atom. The van der Waals surface area contributed by atoms with Crippen LogP contribution in [0.2, 0.25) is 0 Å². The quantitative estimate of drug-likeness (QED) is 0.402. The number of nitrogens with zero attached hydrogens (tertiary/aromatic N) is 1. The Labute approximate surface area is 213 Å². The minimum Gasteiger partial charge on any atom is -0.497 e. The standard InChI is InChI=1S/C29H33NO5S/c1-30(2)21-24-20-27(36(32,33)26-15-8-5-9-16-26)17-18-29(24,23-13-10-14-25(19-23)34-3)35-28(31)22-11-6-4-7-12-22/h4-16,19,24,27H,17-18,20-21H2,1-3H3. The van der Waals surface area contributed by atoms with Crippen molar-refractivity contribution in [3.63, 3.8) is 0 Å². The zero-order valence-electron chi connectivity index (χ0n) is 21.0. The van der Waals surface area contributed by atoms with Gasteiger partial charge in [0.25, 0.3) is 0 Å². The molecule has 3 atom stereocenters. The third kappa shape index (κ3) is 5.32. The van der Waals surface area contributed by atoms with Crippen molar-refractivity contribution in [3.05, 3.63) is 96.1 Å². The number of sulfone groups is 1. The molecule has 190 valence electrons. The Balaban J connectivity index is 1.78. The maximum absolute atomic E-state index is 13.6. The molecule has 1 fully saturated rings. The maximum atomic E-state index is 13.6. The molecule has 36 heavy (non-hydrogen) atoms. The largest absolute Gasteiger partial charge is 0.497 e. The molecule has 0 spiro atoms. The molecule has 3 unspecified atom stereocenters. The van der Waals surface area contributed by atoms with Crippen molar-refractivity contribution >= 4 is 15.8 Å². The van der Waals surface area contributed by atoms with Crippen molar-refractivity contribution in [3.8, 4) is 5.75 Å². The zero-order valence-corrected chi connectivity index (χ0v) is 21.8. The van der Waals surface area contributed by atoms with Crippen LogP contribution in [-0.4, -0.2) is 52.3 Å². The molecule has 0 N–H and O–H groups in total. The van der Waals surface area contributed by atoms with E-state index < -0.39 is 26.7 Å². The minimum absolute atomic E-state index is 0.260. The van der Waals surface area contributed by atoms with Crippen molar-refractivity contribution in [1.82, 2.24) is 4.90 Å². The van der Waals surface area contributed by atoms with E-state index in [0.29, 0.717) is 42.0 Å². The van der Waals surface area contributed by atoms with E-state index >= 15 is 0 Å². The average Bonchev–Trinajstić information content (AvgIpc) is 2.90. The lowest BCUT2D eigenvalue weighted by Gasteiger charge is -2.47. The van der Waals surface area contributed by atoms with Crippen LogP contribution in [0.4, 0.5) is 0 Å². The van der Waals surface area contributed by atoms with Gasteiger partial charge < -0.3 is 14.4 Å². The number of rotatable bonds is 8. The molecule has 3 aromatic rings. The Hall–Kier alpha value is -3.16. The molecule has 0 aromatic heterocycles. The number of hydrogen-bond acceptors (Lipinski definition) is 6. The predicted molar refractivity (Wildman–Crippen MR) is 140 cm³/mol. The van der Waals surface area contributed by atoms with Gasteiger partial charge >= 0.3 is 5.97 Å². The first-order chi connectivity index (χ1) is 17.3. The van der Waals surface area contributed by atoms with Gasteiger partial charge in [-0.1, -0.05) is 48.5 Å². The van der Waals surface area contributed by atoms with E-state index in [-0.39, 0.29) is 5.92 Å². The molecule has 0 aliphatic heterocycles. The second-order valence-corrected chi connectivity index (χ2v) is 11.8. The molecular weight excluding hydrogens is 474 g/mol. The summed E-state index contributed by atoms with van der Waals surface area (Å²) in [5.41, 5.74) is 0.269. The Bertz CT molecular complexity index is 1280. The van der Waals surface area contributed by atoms with Crippen LogP contribution in [0.1, 0.15) is 35.2 Å². The van der Waals surface area contributed by atoms with E-state index in [1.54, 1.807) is 55.6 Å². The molecule has 1 aliphatic rings. The minimum atomic E-state index is -3.54. The van der Waals surface area contributed by atoms with Gasteiger partial charge in [-0.15, -0.1) is 0 Å². The number of hydrogen-bond donors (Lipinski definition) is 0. The summed E-state index contributed by atoms with van der Waals surface area (Å²) < 4.78 is 39.0. The van der Waals surface area contributed by atoms with Crippen LogP contribution >= 0.6 is 0 Å². The number of esters is 1. The molecule has 7 heteroatoms. The summed E-state index contributed by atoms with van der Waals surface area (Å²) in [6, 6.07) is 25.1. The van der Waals surface area contributed by atoms with Gasteiger partial charge in [-0.2, -0.15) is 0 Å². The van der Waals surface area contributed by atoms with Crippen LogP contribution in [0.25, 0.3) is 0 Å². The lowest BCUT2D eigenvalue weighted by molar-refractivity contribution is -0.0818. The Morgan fingerprint density at radius 3 is 2.28 bits per heavy atom. The molecule has 0 saturated heterocycles. The highest BCUT2D eigenvalue weighted by Gasteiger charge is 2.51. The summed E-state index contributed by atoms with van der Waals surface area (Å²) >= 11 is 0. The van der Waals surface area contributed by atoms with Gasteiger partial charge in [-0.3, -0.25) is 0 Å². The van der Waals surface area contributed by atoms with Gasteiger partial charge in [0, 0.05) is 12.5 Å². The molecule has 0 radical (unpaired) electrons. The van der Waals surface area contributed by atoms with Crippen molar-refractivity contribution in [2.24, 2.45) is 5.92 Å². The summed E-state index contributed by atoms with van der Waals surface area (Å²) in [6.07, 6.45) is 1.13. The first kappa shape index (κ1) is 25.9. The van der Waals surface area contributed by atoms with Gasteiger partial charge in [0.1, 0.15) is 11.4 Å². The van der Waals surface area contributed by atoms with Gasteiger partial charge in [0.15, 0.2) is 9.84 Å². The van der Waals surface area contributed by atoms with Crippen LogP contribution in [0, 0.1) is 5.92 Å². The van der Waals surface area contributed by atoms with Crippen LogP contribution < -0.4 is 4.74 Å².